The molecule has 4 nitrogen and oxygen atoms in total. The van der Waals surface area contributed by atoms with Crippen molar-refractivity contribution in [3.63, 3.8) is 0 Å². The number of fused-ring (bicyclic) bond motifs is 1. The molecule has 1 atom stereocenters. The number of para-hydroxylation sites is 1. The largest absolute Gasteiger partial charge is 0.481 e. The monoisotopic (exact) mass is 408 g/mol. The van der Waals surface area contributed by atoms with Gasteiger partial charge in [0.05, 0.1) is 10.2 Å². The quantitative estimate of drug-likeness (QED) is 0.439. The second-order valence-corrected chi connectivity index (χ2v) is 7.74. The van der Waals surface area contributed by atoms with E-state index in [1.807, 2.05) is 42.5 Å². The summed E-state index contributed by atoms with van der Waals surface area (Å²) in [5.41, 5.74) is 2.65. The van der Waals surface area contributed by atoms with Gasteiger partial charge in [0.15, 0.2) is 6.10 Å². The van der Waals surface area contributed by atoms with E-state index in [1.54, 1.807) is 42.5 Å². The second-order valence-electron chi connectivity index (χ2n) is 6.27. The fourth-order valence-corrected chi connectivity index (χ4v) is 3.90. The zero-order valence-corrected chi connectivity index (χ0v) is 16.6. The number of nitrogens with zero attached hydrogens (tertiary/aromatic N) is 1. The fraction of sp³-hybridized carbons (Fsp3) is 0.0909. The van der Waals surface area contributed by atoms with Gasteiger partial charge in [-0.25, -0.2) is 4.98 Å². The first-order chi connectivity index (χ1) is 13.6. The van der Waals surface area contributed by atoms with E-state index in [0.29, 0.717) is 16.5 Å². The lowest BCUT2D eigenvalue weighted by molar-refractivity contribution is -0.122. The molecule has 0 bridgehead atoms. The number of carbonyl (C=O) groups is 1. The molecule has 0 saturated carbocycles. The number of anilines is 1. The Bertz CT molecular complexity index is 1090. The predicted molar refractivity (Wildman–Crippen MR) is 115 cm³/mol. The van der Waals surface area contributed by atoms with Crippen LogP contribution in [0.4, 0.5) is 5.69 Å². The Morgan fingerprint density at radius 3 is 2.61 bits per heavy atom. The van der Waals surface area contributed by atoms with Crippen LogP contribution in [0.3, 0.4) is 0 Å². The first kappa shape index (κ1) is 18.5. The number of halogens is 1. The summed E-state index contributed by atoms with van der Waals surface area (Å²) < 4.78 is 6.92. The van der Waals surface area contributed by atoms with Crippen LogP contribution in [-0.2, 0) is 4.79 Å². The number of thiazole rings is 1. The Labute approximate surface area is 171 Å². The number of carbonyl (C=O) groups excluding carboxylic acids is 1. The van der Waals surface area contributed by atoms with E-state index >= 15 is 0 Å². The van der Waals surface area contributed by atoms with Gasteiger partial charge >= 0.3 is 0 Å². The van der Waals surface area contributed by atoms with E-state index < -0.39 is 6.10 Å². The van der Waals surface area contributed by atoms with Crippen molar-refractivity contribution < 1.29 is 9.53 Å². The number of rotatable bonds is 5. The van der Waals surface area contributed by atoms with E-state index in [1.165, 1.54) is 0 Å². The van der Waals surface area contributed by atoms with Crippen LogP contribution in [0.15, 0.2) is 72.8 Å². The van der Waals surface area contributed by atoms with Gasteiger partial charge in [0, 0.05) is 16.3 Å². The average molecular weight is 409 g/mol. The molecule has 1 heterocycles. The maximum Gasteiger partial charge on any atom is 0.265 e. The van der Waals surface area contributed by atoms with Crippen molar-refractivity contribution in [2.24, 2.45) is 0 Å². The zero-order chi connectivity index (χ0) is 19.5. The summed E-state index contributed by atoms with van der Waals surface area (Å²) in [7, 11) is 0. The molecule has 0 spiro atoms. The Balaban J connectivity index is 1.43. The minimum absolute atomic E-state index is 0.238. The molecular formula is C22H17ClN2O2S. The number of amides is 1. The van der Waals surface area contributed by atoms with Gasteiger partial charge in [-0.05, 0) is 61.5 Å². The fourth-order valence-electron chi connectivity index (χ4n) is 2.74. The Morgan fingerprint density at radius 2 is 1.86 bits per heavy atom. The summed E-state index contributed by atoms with van der Waals surface area (Å²) in [6.07, 6.45) is -0.646. The minimum atomic E-state index is -0.646. The average Bonchev–Trinajstić information content (AvgIpc) is 3.13. The molecule has 3 aromatic carbocycles. The van der Waals surface area contributed by atoms with E-state index in [-0.39, 0.29) is 5.91 Å². The molecule has 0 fully saturated rings. The van der Waals surface area contributed by atoms with Crippen molar-refractivity contribution in [3.8, 4) is 16.3 Å². The van der Waals surface area contributed by atoms with Crippen LogP contribution in [0, 0.1) is 0 Å². The third-order valence-electron chi connectivity index (χ3n) is 4.17. The Hall–Kier alpha value is -2.89. The van der Waals surface area contributed by atoms with Crippen molar-refractivity contribution in [2.75, 3.05) is 5.32 Å². The van der Waals surface area contributed by atoms with Gasteiger partial charge < -0.3 is 10.1 Å². The summed E-state index contributed by atoms with van der Waals surface area (Å²) in [5, 5.41) is 4.32. The van der Waals surface area contributed by atoms with Crippen LogP contribution in [-0.4, -0.2) is 17.0 Å². The highest BCUT2D eigenvalue weighted by Gasteiger charge is 2.15. The first-order valence-electron chi connectivity index (χ1n) is 8.77. The molecule has 1 N–H and O–H groups in total. The number of hydrogen-bond acceptors (Lipinski definition) is 4. The van der Waals surface area contributed by atoms with Gasteiger partial charge in [-0.3, -0.25) is 4.79 Å². The van der Waals surface area contributed by atoms with Crippen LogP contribution in [0.25, 0.3) is 20.8 Å². The maximum absolute atomic E-state index is 12.3. The number of aromatic nitrogens is 1. The molecule has 0 aliphatic heterocycles. The van der Waals surface area contributed by atoms with Gasteiger partial charge in [-0.1, -0.05) is 29.8 Å². The van der Waals surface area contributed by atoms with Gasteiger partial charge in [0.1, 0.15) is 10.8 Å². The molecule has 4 rings (SSSR count). The summed E-state index contributed by atoms with van der Waals surface area (Å²) in [5.74, 6) is 0.385. The van der Waals surface area contributed by atoms with Gasteiger partial charge in [-0.2, -0.15) is 0 Å². The predicted octanol–water partition coefficient (Wildman–Crippen LogP) is 6.02. The molecule has 28 heavy (non-hydrogen) atoms. The molecule has 6 heteroatoms. The van der Waals surface area contributed by atoms with Crippen LogP contribution < -0.4 is 10.1 Å². The molecule has 0 unspecified atom stereocenters. The van der Waals surface area contributed by atoms with Crippen LogP contribution >= 0.6 is 22.9 Å². The van der Waals surface area contributed by atoms with E-state index in [9.17, 15) is 4.79 Å². The van der Waals surface area contributed by atoms with Gasteiger partial charge in [0.2, 0.25) is 0 Å². The summed E-state index contributed by atoms with van der Waals surface area (Å²) >= 11 is 7.59. The van der Waals surface area contributed by atoms with E-state index in [0.717, 1.165) is 20.8 Å². The molecule has 0 radical (unpaired) electrons. The SMILES string of the molecule is C[C@H](Oc1ccc(-c2nc3ccccc3s2)cc1)C(=O)Nc1cccc(Cl)c1. The van der Waals surface area contributed by atoms with Crippen LogP contribution in [0.2, 0.25) is 5.02 Å². The Kier molecular flexibility index (Phi) is 5.28. The highest BCUT2D eigenvalue weighted by Crippen LogP contribution is 2.31. The zero-order valence-electron chi connectivity index (χ0n) is 15.1. The van der Waals surface area contributed by atoms with Crippen molar-refractivity contribution in [3.05, 3.63) is 77.8 Å². The minimum Gasteiger partial charge on any atom is -0.481 e. The van der Waals surface area contributed by atoms with Crippen LogP contribution in [0.1, 0.15) is 6.92 Å². The lowest BCUT2D eigenvalue weighted by Crippen LogP contribution is -2.30. The second kappa shape index (κ2) is 8.00. The lowest BCUT2D eigenvalue weighted by atomic mass is 10.2. The van der Waals surface area contributed by atoms with Gasteiger partial charge in [-0.15, -0.1) is 11.3 Å². The number of benzene rings is 3. The third kappa shape index (κ3) is 4.16. The molecule has 1 aromatic heterocycles. The van der Waals surface area contributed by atoms with Crippen molar-refractivity contribution in [2.45, 2.75) is 13.0 Å². The number of hydrogen-bond donors (Lipinski definition) is 1. The molecule has 1 amide bonds. The highest BCUT2D eigenvalue weighted by molar-refractivity contribution is 7.21. The maximum atomic E-state index is 12.3. The summed E-state index contributed by atoms with van der Waals surface area (Å²) in [6.45, 7) is 1.71. The molecular weight excluding hydrogens is 392 g/mol. The highest BCUT2D eigenvalue weighted by atomic mass is 35.5. The van der Waals surface area contributed by atoms with Gasteiger partial charge in [0.25, 0.3) is 5.91 Å². The van der Waals surface area contributed by atoms with Crippen molar-refractivity contribution >= 4 is 44.7 Å². The molecule has 4 aromatic rings. The third-order valence-corrected chi connectivity index (χ3v) is 5.49. The molecule has 140 valence electrons. The molecule has 0 aliphatic carbocycles. The summed E-state index contributed by atoms with van der Waals surface area (Å²) in [4.78, 5) is 17.0. The smallest absolute Gasteiger partial charge is 0.265 e. The van der Waals surface area contributed by atoms with Crippen LogP contribution in [0.5, 0.6) is 5.75 Å². The first-order valence-corrected chi connectivity index (χ1v) is 9.97. The van der Waals surface area contributed by atoms with E-state index in [4.69, 9.17) is 16.3 Å². The molecule has 0 saturated heterocycles. The van der Waals surface area contributed by atoms with Crippen molar-refractivity contribution in [1.29, 1.82) is 0 Å². The number of ether oxygens (including phenoxy) is 1. The lowest BCUT2D eigenvalue weighted by Gasteiger charge is -2.15. The molecule has 0 aliphatic rings. The van der Waals surface area contributed by atoms with Crippen molar-refractivity contribution in [1.82, 2.24) is 4.98 Å². The Morgan fingerprint density at radius 1 is 1.07 bits per heavy atom. The normalized spacial score (nSPS) is 11.9. The summed E-state index contributed by atoms with van der Waals surface area (Å²) in [6, 6.07) is 22.7. The topological polar surface area (TPSA) is 51.2 Å². The van der Waals surface area contributed by atoms with E-state index in [2.05, 4.69) is 16.4 Å². The number of nitrogens with one attached hydrogen (secondary N) is 1. The standard InChI is InChI=1S/C22H17ClN2O2S/c1-14(21(26)24-17-6-4-5-16(23)13-17)27-18-11-9-15(10-12-18)22-25-19-7-2-3-8-20(19)28-22/h2-14H,1H3,(H,24,26)/t14-/m0/s1.